The Bertz CT molecular complexity index is 633. The highest BCUT2D eigenvalue weighted by atomic mass is 19.3. The second-order valence-corrected chi connectivity index (χ2v) is 5.13. The van der Waals surface area contributed by atoms with Gasteiger partial charge in [-0.1, -0.05) is 0 Å². The monoisotopic (exact) mass is 293 g/mol. The summed E-state index contributed by atoms with van der Waals surface area (Å²) in [5, 5.41) is 0. The van der Waals surface area contributed by atoms with Gasteiger partial charge in [0.05, 0.1) is 0 Å². The molecule has 1 saturated carbocycles. The molecule has 0 aliphatic heterocycles. The second kappa shape index (κ2) is 5.35. The number of rotatable bonds is 5. The normalized spacial score (nSPS) is 14.7. The minimum absolute atomic E-state index is 0.129. The number of alkyl halides is 2. The molecule has 1 aliphatic carbocycles. The molecule has 0 radical (unpaired) electrons. The molecule has 1 fully saturated rings. The van der Waals surface area contributed by atoms with E-state index in [2.05, 4.69) is 9.72 Å². The zero-order chi connectivity index (χ0) is 15.0. The van der Waals surface area contributed by atoms with Crippen LogP contribution in [0.5, 0.6) is 5.75 Å². The van der Waals surface area contributed by atoms with E-state index in [0.717, 1.165) is 30.8 Å². The zero-order valence-electron chi connectivity index (χ0n) is 11.7. The summed E-state index contributed by atoms with van der Waals surface area (Å²) in [4.78, 5) is 4.65. The molecule has 2 N–H and O–H groups in total. The Hall–Kier alpha value is -2.11. The molecule has 4 nitrogen and oxygen atoms in total. The zero-order valence-corrected chi connectivity index (χ0v) is 11.7. The van der Waals surface area contributed by atoms with Gasteiger partial charge in [0.2, 0.25) is 0 Å². The quantitative estimate of drug-likeness (QED) is 0.915. The highest BCUT2D eigenvalue weighted by Crippen LogP contribution is 2.42. The average Bonchev–Trinajstić information content (AvgIpc) is 3.23. The molecule has 21 heavy (non-hydrogen) atoms. The van der Waals surface area contributed by atoms with Crippen molar-refractivity contribution in [1.29, 1.82) is 0 Å². The minimum atomic E-state index is -2.82. The molecule has 0 amide bonds. The molecule has 1 aliphatic rings. The van der Waals surface area contributed by atoms with Crippen LogP contribution in [0.3, 0.4) is 0 Å². The van der Waals surface area contributed by atoms with Gasteiger partial charge in [0, 0.05) is 18.0 Å². The van der Waals surface area contributed by atoms with Crippen molar-refractivity contribution in [3.05, 3.63) is 30.1 Å². The number of nitrogens with two attached hydrogens (primary N) is 1. The van der Waals surface area contributed by atoms with Crippen molar-refractivity contribution >= 4 is 5.82 Å². The molecule has 2 aromatic rings. The van der Waals surface area contributed by atoms with Gasteiger partial charge < -0.3 is 15.0 Å². The van der Waals surface area contributed by atoms with E-state index in [1.165, 1.54) is 12.1 Å². The molecule has 0 atom stereocenters. The molecule has 0 saturated heterocycles. The third kappa shape index (κ3) is 2.70. The predicted octanol–water partition coefficient (Wildman–Crippen LogP) is 3.63. The topological polar surface area (TPSA) is 53.1 Å². The summed E-state index contributed by atoms with van der Waals surface area (Å²) < 4.78 is 30.7. The van der Waals surface area contributed by atoms with Crippen LogP contribution < -0.4 is 10.5 Å². The van der Waals surface area contributed by atoms with Crippen molar-refractivity contribution in [2.45, 2.75) is 38.8 Å². The fraction of sp³-hybridized carbons (Fsp3) is 0.400. The lowest BCUT2D eigenvalue weighted by molar-refractivity contribution is -0.0498. The van der Waals surface area contributed by atoms with Gasteiger partial charge in [-0.3, -0.25) is 0 Å². The van der Waals surface area contributed by atoms with Crippen LogP contribution in [0.15, 0.2) is 24.3 Å². The number of anilines is 1. The van der Waals surface area contributed by atoms with Crippen molar-refractivity contribution in [3.63, 3.8) is 0 Å². The molecule has 0 spiro atoms. The van der Waals surface area contributed by atoms with Crippen molar-refractivity contribution in [1.82, 2.24) is 9.55 Å². The van der Waals surface area contributed by atoms with E-state index in [-0.39, 0.29) is 5.75 Å². The van der Waals surface area contributed by atoms with Gasteiger partial charge in [-0.2, -0.15) is 8.78 Å². The Morgan fingerprint density at radius 3 is 2.52 bits per heavy atom. The summed E-state index contributed by atoms with van der Waals surface area (Å²) in [7, 11) is 0. The van der Waals surface area contributed by atoms with Crippen LogP contribution in [0.25, 0.3) is 11.3 Å². The smallest absolute Gasteiger partial charge is 0.387 e. The van der Waals surface area contributed by atoms with Crippen LogP contribution in [0.1, 0.15) is 31.5 Å². The Morgan fingerprint density at radius 1 is 1.33 bits per heavy atom. The summed E-state index contributed by atoms with van der Waals surface area (Å²) in [5.74, 6) is 2.28. The van der Waals surface area contributed by atoms with Crippen LogP contribution >= 0.6 is 0 Å². The molecule has 0 unspecified atom stereocenters. The number of hydrogen-bond donors (Lipinski definition) is 1. The Morgan fingerprint density at radius 2 is 2.00 bits per heavy atom. The first-order valence-corrected chi connectivity index (χ1v) is 7.01. The van der Waals surface area contributed by atoms with Gasteiger partial charge in [0.15, 0.2) is 0 Å². The summed E-state index contributed by atoms with van der Waals surface area (Å²) >= 11 is 0. The molecule has 1 heterocycles. The average molecular weight is 293 g/mol. The molecule has 112 valence electrons. The number of benzene rings is 1. The van der Waals surface area contributed by atoms with E-state index in [4.69, 9.17) is 5.73 Å². The number of nitrogen functional groups attached to an aromatic ring is 1. The SMILES string of the molecule is CCn1c(C2CC2)nc(-c2ccc(OC(F)F)cc2)c1N. The van der Waals surface area contributed by atoms with Crippen molar-refractivity contribution in [2.24, 2.45) is 0 Å². The predicted molar refractivity (Wildman–Crippen MR) is 76.4 cm³/mol. The standard InChI is InChI=1S/C15H17F2N3O/c1-2-20-13(18)12(19-14(20)10-3-4-10)9-5-7-11(8-6-9)21-15(16)17/h5-8,10,15H,2-4,18H2,1H3. The Labute approximate surface area is 121 Å². The molecule has 1 aromatic carbocycles. The first kappa shape index (κ1) is 13.9. The summed E-state index contributed by atoms with van der Waals surface area (Å²) in [6.07, 6.45) is 2.30. The number of hydrogen-bond acceptors (Lipinski definition) is 3. The molecule has 6 heteroatoms. The van der Waals surface area contributed by atoms with E-state index in [9.17, 15) is 8.78 Å². The number of nitrogens with zero attached hydrogens (tertiary/aromatic N) is 2. The van der Waals surface area contributed by atoms with Crippen LogP contribution in [0, 0.1) is 0 Å². The molecular formula is C15H17F2N3O. The van der Waals surface area contributed by atoms with E-state index >= 15 is 0 Å². The highest BCUT2D eigenvalue weighted by Gasteiger charge is 2.30. The van der Waals surface area contributed by atoms with Gasteiger partial charge in [-0.15, -0.1) is 0 Å². The fourth-order valence-corrected chi connectivity index (χ4v) is 2.48. The maximum atomic E-state index is 12.1. The Balaban J connectivity index is 1.93. The van der Waals surface area contributed by atoms with Gasteiger partial charge in [0.1, 0.15) is 23.1 Å². The second-order valence-electron chi connectivity index (χ2n) is 5.13. The number of imidazole rings is 1. The van der Waals surface area contributed by atoms with E-state index < -0.39 is 6.61 Å². The summed E-state index contributed by atoms with van der Waals surface area (Å²) in [5.41, 5.74) is 7.70. The lowest BCUT2D eigenvalue weighted by Crippen LogP contribution is -2.04. The van der Waals surface area contributed by atoms with Crippen LogP contribution in [-0.4, -0.2) is 16.2 Å². The Kier molecular flexibility index (Phi) is 3.53. The molecular weight excluding hydrogens is 276 g/mol. The van der Waals surface area contributed by atoms with Crippen molar-refractivity contribution < 1.29 is 13.5 Å². The van der Waals surface area contributed by atoms with E-state index in [1.807, 2.05) is 11.5 Å². The number of ether oxygens (including phenoxy) is 1. The van der Waals surface area contributed by atoms with E-state index in [1.54, 1.807) is 12.1 Å². The van der Waals surface area contributed by atoms with Crippen molar-refractivity contribution in [2.75, 3.05) is 5.73 Å². The number of halogens is 2. The molecule has 3 rings (SSSR count). The lowest BCUT2D eigenvalue weighted by Gasteiger charge is -2.06. The fourth-order valence-electron chi connectivity index (χ4n) is 2.48. The third-order valence-corrected chi connectivity index (χ3v) is 3.65. The maximum Gasteiger partial charge on any atom is 0.387 e. The van der Waals surface area contributed by atoms with Crippen LogP contribution in [0.2, 0.25) is 0 Å². The van der Waals surface area contributed by atoms with Gasteiger partial charge in [-0.05, 0) is 44.0 Å². The van der Waals surface area contributed by atoms with E-state index in [0.29, 0.717) is 17.4 Å². The number of aromatic nitrogens is 2. The van der Waals surface area contributed by atoms with Gasteiger partial charge in [0.25, 0.3) is 0 Å². The lowest BCUT2D eigenvalue weighted by atomic mass is 10.1. The molecule has 1 aromatic heterocycles. The van der Waals surface area contributed by atoms with Crippen molar-refractivity contribution in [3.8, 4) is 17.0 Å². The highest BCUT2D eigenvalue weighted by molar-refractivity contribution is 5.71. The third-order valence-electron chi connectivity index (χ3n) is 3.65. The van der Waals surface area contributed by atoms with Crippen LogP contribution in [-0.2, 0) is 6.54 Å². The largest absolute Gasteiger partial charge is 0.435 e. The maximum absolute atomic E-state index is 12.1. The first-order valence-electron chi connectivity index (χ1n) is 7.01. The van der Waals surface area contributed by atoms with Crippen LogP contribution in [0.4, 0.5) is 14.6 Å². The summed E-state index contributed by atoms with van der Waals surface area (Å²) in [6, 6.07) is 6.41. The minimum Gasteiger partial charge on any atom is -0.435 e. The van der Waals surface area contributed by atoms with Gasteiger partial charge in [-0.25, -0.2) is 4.98 Å². The first-order chi connectivity index (χ1) is 10.1. The molecule has 0 bridgehead atoms. The summed E-state index contributed by atoms with van der Waals surface area (Å²) in [6.45, 7) is -0.00784. The van der Waals surface area contributed by atoms with Gasteiger partial charge >= 0.3 is 6.61 Å².